The minimum atomic E-state index is -0.282. The number of aromatic nitrogens is 2. The number of ether oxygens (including phenoxy) is 1. The van der Waals surface area contributed by atoms with Gasteiger partial charge in [0.25, 0.3) is 0 Å². The maximum Gasteiger partial charge on any atom is 0.319 e. The lowest BCUT2D eigenvalue weighted by Crippen LogP contribution is -2.26. The minimum Gasteiger partial charge on any atom is -0.468 e. The van der Waals surface area contributed by atoms with Crippen LogP contribution in [0.1, 0.15) is 31.5 Å². The summed E-state index contributed by atoms with van der Waals surface area (Å²) in [6.07, 6.45) is 0. The summed E-state index contributed by atoms with van der Waals surface area (Å²) < 4.78 is 9.61. The predicted octanol–water partition coefficient (Wildman–Crippen LogP) is 0.798. The highest BCUT2D eigenvalue weighted by molar-refractivity contribution is 5.71. The molecule has 0 spiro atoms. The second-order valence-corrected chi connectivity index (χ2v) is 3.95. The highest BCUT2D eigenvalue weighted by Crippen LogP contribution is 2.11. The molecular weight excluding hydrogens is 210 g/mol. The fraction of sp³-hybridized carbons (Fsp3) is 0.700. The SMILES string of the molecule is COC(=O)CN(C)Cc1noc(C(C)C)n1. The predicted molar refractivity (Wildman–Crippen MR) is 56.7 cm³/mol. The molecule has 0 aliphatic heterocycles. The van der Waals surface area contributed by atoms with Crippen molar-refractivity contribution in [2.75, 3.05) is 20.7 Å². The third-order valence-electron chi connectivity index (χ3n) is 2.02. The van der Waals surface area contributed by atoms with Gasteiger partial charge in [0.2, 0.25) is 5.89 Å². The van der Waals surface area contributed by atoms with Gasteiger partial charge in [-0.05, 0) is 7.05 Å². The average Bonchev–Trinajstić information content (AvgIpc) is 2.65. The smallest absolute Gasteiger partial charge is 0.319 e. The second kappa shape index (κ2) is 5.60. The lowest BCUT2D eigenvalue weighted by molar-refractivity contribution is -0.141. The molecule has 1 aromatic heterocycles. The van der Waals surface area contributed by atoms with E-state index in [9.17, 15) is 4.79 Å². The largest absolute Gasteiger partial charge is 0.468 e. The van der Waals surface area contributed by atoms with E-state index in [1.807, 2.05) is 13.8 Å². The molecule has 0 aromatic carbocycles. The number of likely N-dealkylation sites (N-methyl/N-ethyl adjacent to an activating group) is 1. The molecule has 0 bridgehead atoms. The fourth-order valence-electron chi connectivity index (χ4n) is 1.15. The molecule has 1 rings (SSSR count). The van der Waals surface area contributed by atoms with Gasteiger partial charge in [0, 0.05) is 5.92 Å². The van der Waals surface area contributed by atoms with Crippen molar-refractivity contribution in [3.8, 4) is 0 Å². The van der Waals surface area contributed by atoms with E-state index in [1.165, 1.54) is 7.11 Å². The zero-order valence-corrected chi connectivity index (χ0v) is 10.1. The Morgan fingerprint density at radius 3 is 2.75 bits per heavy atom. The summed E-state index contributed by atoms with van der Waals surface area (Å²) in [6.45, 7) is 4.64. The molecule has 0 aliphatic carbocycles. The lowest BCUT2D eigenvalue weighted by Gasteiger charge is -2.11. The Balaban J connectivity index is 2.49. The van der Waals surface area contributed by atoms with Gasteiger partial charge in [-0.1, -0.05) is 19.0 Å². The van der Waals surface area contributed by atoms with Crippen LogP contribution in [0.2, 0.25) is 0 Å². The molecule has 0 saturated heterocycles. The summed E-state index contributed by atoms with van der Waals surface area (Å²) in [6, 6.07) is 0. The number of hydrogen-bond donors (Lipinski definition) is 0. The molecule has 1 aromatic rings. The summed E-state index contributed by atoms with van der Waals surface area (Å²) in [7, 11) is 3.16. The maximum absolute atomic E-state index is 11.0. The van der Waals surface area contributed by atoms with Gasteiger partial charge in [0.1, 0.15) is 0 Å². The molecule has 90 valence electrons. The number of carbonyl (C=O) groups excluding carboxylic acids is 1. The van der Waals surface area contributed by atoms with E-state index in [1.54, 1.807) is 11.9 Å². The van der Waals surface area contributed by atoms with E-state index in [4.69, 9.17) is 4.52 Å². The number of rotatable bonds is 5. The van der Waals surface area contributed by atoms with Crippen LogP contribution >= 0.6 is 0 Å². The van der Waals surface area contributed by atoms with Crippen molar-refractivity contribution >= 4 is 5.97 Å². The van der Waals surface area contributed by atoms with Crippen molar-refractivity contribution in [2.45, 2.75) is 26.3 Å². The Morgan fingerprint density at radius 1 is 1.56 bits per heavy atom. The van der Waals surface area contributed by atoms with Gasteiger partial charge in [-0.2, -0.15) is 4.98 Å². The first-order valence-electron chi connectivity index (χ1n) is 5.10. The molecular formula is C10H17N3O3. The Bertz CT molecular complexity index is 349. The normalized spacial score (nSPS) is 11.1. The first-order chi connectivity index (χ1) is 7.52. The summed E-state index contributed by atoms with van der Waals surface area (Å²) >= 11 is 0. The van der Waals surface area contributed by atoms with Crippen LogP contribution in [-0.2, 0) is 16.1 Å². The third kappa shape index (κ3) is 3.62. The maximum atomic E-state index is 11.0. The van der Waals surface area contributed by atoms with Gasteiger partial charge in [-0.15, -0.1) is 0 Å². The fourth-order valence-corrected chi connectivity index (χ4v) is 1.15. The molecule has 0 fully saturated rings. The topological polar surface area (TPSA) is 68.5 Å². The lowest BCUT2D eigenvalue weighted by atomic mass is 10.2. The van der Waals surface area contributed by atoms with Crippen molar-refractivity contribution in [3.05, 3.63) is 11.7 Å². The summed E-state index contributed by atoms with van der Waals surface area (Å²) in [4.78, 5) is 17.0. The number of esters is 1. The molecule has 0 aliphatic rings. The van der Waals surface area contributed by atoms with Gasteiger partial charge in [0.15, 0.2) is 5.82 Å². The molecule has 0 saturated carbocycles. The monoisotopic (exact) mass is 227 g/mol. The first-order valence-corrected chi connectivity index (χ1v) is 5.10. The molecule has 0 atom stereocenters. The van der Waals surface area contributed by atoms with Crippen molar-refractivity contribution in [1.82, 2.24) is 15.0 Å². The Kier molecular flexibility index (Phi) is 4.42. The highest BCUT2D eigenvalue weighted by Gasteiger charge is 2.13. The van der Waals surface area contributed by atoms with Crippen LogP contribution in [0, 0.1) is 0 Å². The molecule has 6 nitrogen and oxygen atoms in total. The van der Waals surface area contributed by atoms with E-state index in [-0.39, 0.29) is 18.4 Å². The molecule has 6 heteroatoms. The number of hydrogen-bond acceptors (Lipinski definition) is 6. The van der Waals surface area contributed by atoms with Gasteiger partial charge < -0.3 is 9.26 Å². The van der Waals surface area contributed by atoms with Crippen LogP contribution in [0.5, 0.6) is 0 Å². The van der Waals surface area contributed by atoms with Crippen LogP contribution in [0.3, 0.4) is 0 Å². The molecule has 0 N–H and O–H groups in total. The van der Waals surface area contributed by atoms with Gasteiger partial charge in [-0.3, -0.25) is 9.69 Å². The molecule has 16 heavy (non-hydrogen) atoms. The third-order valence-corrected chi connectivity index (χ3v) is 2.02. The van der Waals surface area contributed by atoms with Gasteiger partial charge >= 0.3 is 5.97 Å². The minimum absolute atomic E-state index is 0.210. The number of carbonyl (C=O) groups is 1. The van der Waals surface area contributed by atoms with Crippen molar-refractivity contribution in [1.29, 1.82) is 0 Å². The quantitative estimate of drug-likeness (QED) is 0.693. The Morgan fingerprint density at radius 2 is 2.25 bits per heavy atom. The van der Waals surface area contributed by atoms with E-state index >= 15 is 0 Å². The molecule has 0 unspecified atom stereocenters. The van der Waals surface area contributed by atoms with E-state index in [0.29, 0.717) is 18.3 Å². The summed E-state index contributed by atoms with van der Waals surface area (Å²) in [5.74, 6) is 1.12. The van der Waals surface area contributed by atoms with Crippen LogP contribution in [0.4, 0.5) is 0 Å². The van der Waals surface area contributed by atoms with Crippen LogP contribution in [0.15, 0.2) is 4.52 Å². The van der Waals surface area contributed by atoms with Crippen molar-refractivity contribution in [2.24, 2.45) is 0 Å². The van der Waals surface area contributed by atoms with E-state index in [2.05, 4.69) is 14.9 Å². The summed E-state index contributed by atoms with van der Waals surface area (Å²) in [5, 5.41) is 3.83. The standard InChI is InChI=1S/C10H17N3O3/c1-7(2)10-11-8(12-16-10)5-13(3)6-9(14)15-4/h7H,5-6H2,1-4H3. The van der Waals surface area contributed by atoms with Gasteiger partial charge in [-0.25, -0.2) is 0 Å². The molecule has 1 heterocycles. The Hall–Kier alpha value is -1.43. The molecule has 0 amide bonds. The average molecular weight is 227 g/mol. The zero-order chi connectivity index (χ0) is 12.1. The van der Waals surface area contributed by atoms with Crippen molar-refractivity contribution < 1.29 is 14.1 Å². The molecule has 0 radical (unpaired) electrons. The summed E-state index contributed by atoms with van der Waals surface area (Å²) in [5.41, 5.74) is 0. The zero-order valence-electron chi connectivity index (χ0n) is 10.1. The van der Waals surface area contributed by atoms with Gasteiger partial charge in [0.05, 0.1) is 20.2 Å². The Labute approximate surface area is 94.6 Å². The van der Waals surface area contributed by atoms with E-state index < -0.39 is 0 Å². The first kappa shape index (κ1) is 12.6. The number of nitrogens with zero attached hydrogens (tertiary/aromatic N) is 3. The van der Waals surface area contributed by atoms with Crippen LogP contribution in [-0.4, -0.2) is 41.7 Å². The second-order valence-electron chi connectivity index (χ2n) is 3.95. The van der Waals surface area contributed by atoms with Crippen LogP contribution in [0.25, 0.3) is 0 Å². The van der Waals surface area contributed by atoms with Crippen LogP contribution < -0.4 is 0 Å². The van der Waals surface area contributed by atoms with E-state index in [0.717, 1.165) is 0 Å². The number of methoxy groups -OCH3 is 1. The highest BCUT2D eigenvalue weighted by atomic mass is 16.5. The van der Waals surface area contributed by atoms with Crippen molar-refractivity contribution in [3.63, 3.8) is 0 Å².